The van der Waals surface area contributed by atoms with Gasteiger partial charge in [-0.1, -0.05) is 24.3 Å². The van der Waals surface area contributed by atoms with Crippen LogP contribution in [-0.4, -0.2) is 34.1 Å². The van der Waals surface area contributed by atoms with E-state index in [0.717, 1.165) is 17.2 Å². The lowest BCUT2D eigenvalue weighted by Gasteiger charge is -2.11. The van der Waals surface area contributed by atoms with E-state index >= 15 is 0 Å². The monoisotopic (exact) mass is 369 g/mol. The Labute approximate surface area is 154 Å². The molecule has 5 nitrogen and oxygen atoms in total. The van der Waals surface area contributed by atoms with E-state index < -0.39 is 23.6 Å². The number of rotatable bonds is 6. The molecule has 7 heteroatoms. The molecule has 1 aromatic heterocycles. The quantitative estimate of drug-likeness (QED) is 0.697. The van der Waals surface area contributed by atoms with E-state index in [2.05, 4.69) is 15.3 Å². The van der Waals surface area contributed by atoms with Crippen molar-refractivity contribution < 1.29 is 18.7 Å². The number of likely N-dealkylation sites (N-methyl/N-ethyl adjacent to an activating group) is 1. The van der Waals surface area contributed by atoms with Crippen LogP contribution in [0.25, 0.3) is 22.5 Å². The van der Waals surface area contributed by atoms with Gasteiger partial charge in [0.2, 0.25) is 0 Å². The predicted molar refractivity (Wildman–Crippen MR) is 97.0 cm³/mol. The third-order valence-corrected chi connectivity index (χ3v) is 4.19. The average molecular weight is 369 g/mol. The highest BCUT2D eigenvalue weighted by Gasteiger charge is 2.15. The van der Waals surface area contributed by atoms with Crippen molar-refractivity contribution in [1.29, 1.82) is 0 Å². The van der Waals surface area contributed by atoms with Crippen LogP contribution in [0.5, 0.6) is 0 Å². The van der Waals surface area contributed by atoms with E-state index in [1.54, 1.807) is 19.2 Å². The predicted octanol–water partition coefficient (Wildman–Crippen LogP) is 3.30. The van der Waals surface area contributed by atoms with E-state index in [4.69, 9.17) is 5.11 Å². The second kappa shape index (κ2) is 8.01. The van der Waals surface area contributed by atoms with Crippen molar-refractivity contribution in [2.75, 3.05) is 7.05 Å². The molecule has 2 N–H and O–H groups in total. The second-order valence-electron chi connectivity index (χ2n) is 6.00. The van der Waals surface area contributed by atoms with Gasteiger partial charge < -0.3 is 10.4 Å². The van der Waals surface area contributed by atoms with Crippen molar-refractivity contribution in [2.24, 2.45) is 0 Å². The molecule has 0 aliphatic rings. The fourth-order valence-corrected chi connectivity index (χ4v) is 2.68. The minimum absolute atomic E-state index is 0.227. The van der Waals surface area contributed by atoms with Gasteiger partial charge in [0, 0.05) is 35.2 Å². The highest BCUT2D eigenvalue weighted by molar-refractivity contribution is 5.74. The first kappa shape index (κ1) is 18.6. The summed E-state index contributed by atoms with van der Waals surface area (Å²) in [5.41, 5.74) is 2.29. The molecule has 1 atom stereocenters. The van der Waals surface area contributed by atoms with Gasteiger partial charge in [0.25, 0.3) is 0 Å². The smallest absolute Gasteiger partial charge is 0.321 e. The number of carboxylic acids is 1. The Morgan fingerprint density at radius 1 is 1.07 bits per heavy atom. The standard InChI is InChI=1S/C20H17F2N3O2/c1-23-18(20(26)27)8-12-2-4-13(5-3-12)19-24-10-14(11-25-19)16-7-6-15(21)9-17(16)22/h2-7,9-11,18,23H,8H2,1H3,(H,26,27). The van der Waals surface area contributed by atoms with Crippen molar-refractivity contribution in [3.05, 3.63) is 72.1 Å². The van der Waals surface area contributed by atoms with Gasteiger partial charge in [-0.25, -0.2) is 18.7 Å². The summed E-state index contributed by atoms with van der Waals surface area (Å²) in [7, 11) is 1.60. The third-order valence-electron chi connectivity index (χ3n) is 4.19. The highest BCUT2D eigenvalue weighted by atomic mass is 19.1. The molecule has 0 saturated carbocycles. The summed E-state index contributed by atoms with van der Waals surface area (Å²) in [6.07, 6.45) is 3.32. The molecule has 27 heavy (non-hydrogen) atoms. The lowest BCUT2D eigenvalue weighted by Crippen LogP contribution is -2.35. The first-order valence-corrected chi connectivity index (χ1v) is 8.25. The minimum Gasteiger partial charge on any atom is -0.480 e. The molecule has 3 rings (SSSR count). The van der Waals surface area contributed by atoms with Crippen LogP contribution in [0, 0.1) is 11.6 Å². The van der Waals surface area contributed by atoms with Crippen molar-refractivity contribution in [3.8, 4) is 22.5 Å². The van der Waals surface area contributed by atoms with Crippen LogP contribution in [0.3, 0.4) is 0 Å². The van der Waals surface area contributed by atoms with E-state index in [9.17, 15) is 13.6 Å². The zero-order chi connectivity index (χ0) is 19.4. The molecular weight excluding hydrogens is 352 g/mol. The summed E-state index contributed by atoms with van der Waals surface area (Å²) in [6.45, 7) is 0. The number of carbonyl (C=O) groups is 1. The van der Waals surface area contributed by atoms with Crippen molar-refractivity contribution in [1.82, 2.24) is 15.3 Å². The van der Waals surface area contributed by atoms with Crippen molar-refractivity contribution in [3.63, 3.8) is 0 Å². The number of nitrogens with one attached hydrogen (secondary N) is 1. The summed E-state index contributed by atoms with van der Waals surface area (Å²) in [6, 6.07) is 9.93. The Bertz CT molecular complexity index is 944. The summed E-state index contributed by atoms with van der Waals surface area (Å²) in [4.78, 5) is 19.6. The highest BCUT2D eigenvalue weighted by Crippen LogP contribution is 2.24. The van der Waals surface area contributed by atoms with E-state index in [0.29, 0.717) is 17.8 Å². The van der Waals surface area contributed by atoms with Gasteiger partial charge in [-0.2, -0.15) is 0 Å². The second-order valence-corrected chi connectivity index (χ2v) is 6.00. The Hall–Kier alpha value is -3.19. The molecule has 138 valence electrons. The Balaban J connectivity index is 1.78. The van der Waals surface area contributed by atoms with Gasteiger partial charge >= 0.3 is 5.97 Å². The van der Waals surface area contributed by atoms with Crippen LogP contribution in [-0.2, 0) is 11.2 Å². The Morgan fingerprint density at radius 3 is 2.30 bits per heavy atom. The van der Waals surface area contributed by atoms with E-state index in [1.807, 2.05) is 12.1 Å². The SMILES string of the molecule is CNC(Cc1ccc(-c2ncc(-c3ccc(F)cc3F)cn2)cc1)C(=O)O. The van der Waals surface area contributed by atoms with E-state index in [1.165, 1.54) is 24.5 Å². The fraction of sp³-hybridized carbons (Fsp3) is 0.150. The molecule has 0 radical (unpaired) electrons. The van der Waals surface area contributed by atoms with Crippen molar-refractivity contribution in [2.45, 2.75) is 12.5 Å². The maximum Gasteiger partial charge on any atom is 0.321 e. The Kier molecular flexibility index (Phi) is 5.52. The van der Waals surface area contributed by atoms with Crippen LogP contribution in [0.1, 0.15) is 5.56 Å². The zero-order valence-corrected chi connectivity index (χ0v) is 14.5. The molecule has 1 unspecified atom stereocenters. The first-order chi connectivity index (χ1) is 13.0. The van der Waals surface area contributed by atoms with Crippen LogP contribution < -0.4 is 5.32 Å². The molecule has 3 aromatic rings. The van der Waals surface area contributed by atoms with Gasteiger partial charge in [-0.05, 0) is 31.2 Å². The largest absolute Gasteiger partial charge is 0.480 e. The minimum atomic E-state index is -0.909. The summed E-state index contributed by atoms with van der Waals surface area (Å²) in [5.74, 6) is -1.77. The molecule has 1 heterocycles. The normalized spacial score (nSPS) is 12.0. The number of halogens is 2. The average Bonchev–Trinajstić information content (AvgIpc) is 2.66. The molecule has 2 aromatic carbocycles. The first-order valence-electron chi connectivity index (χ1n) is 8.25. The Morgan fingerprint density at radius 2 is 1.74 bits per heavy atom. The van der Waals surface area contributed by atoms with Gasteiger partial charge in [0.05, 0.1) is 0 Å². The number of hydrogen-bond donors (Lipinski definition) is 2. The van der Waals surface area contributed by atoms with Crippen LogP contribution >= 0.6 is 0 Å². The number of benzene rings is 2. The van der Waals surface area contributed by atoms with Gasteiger partial charge in [-0.15, -0.1) is 0 Å². The van der Waals surface area contributed by atoms with Gasteiger partial charge in [-0.3, -0.25) is 4.79 Å². The van der Waals surface area contributed by atoms with Crippen LogP contribution in [0.2, 0.25) is 0 Å². The molecule has 0 aliphatic carbocycles. The number of carboxylic acid groups (broad SMARTS) is 1. The number of nitrogens with zero attached hydrogens (tertiary/aromatic N) is 2. The summed E-state index contributed by atoms with van der Waals surface area (Å²) >= 11 is 0. The van der Waals surface area contributed by atoms with E-state index in [-0.39, 0.29) is 5.56 Å². The maximum absolute atomic E-state index is 13.9. The number of hydrogen-bond acceptors (Lipinski definition) is 4. The molecule has 0 bridgehead atoms. The summed E-state index contributed by atoms with van der Waals surface area (Å²) in [5, 5.41) is 11.8. The van der Waals surface area contributed by atoms with Gasteiger partial charge in [0.1, 0.15) is 17.7 Å². The molecule has 0 aliphatic heterocycles. The lowest BCUT2D eigenvalue weighted by molar-refractivity contribution is -0.139. The number of aromatic nitrogens is 2. The number of aliphatic carboxylic acids is 1. The van der Waals surface area contributed by atoms with Crippen molar-refractivity contribution >= 4 is 5.97 Å². The molecule has 0 saturated heterocycles. The zero-order valence-electron chi connectivity index (χ0n) is 14.5. The fourth-order valence-electron chi connectivity index (χ4n) is 2.68. The molecule has 0 fully saturated rings. The lowest BCUT2D eigenvalue weighted by atomic mass is 10.0. The summed E-state index contributed by atoms with van der Waals surface area (Å²) < 4.78 is 26.9. The molecule has 0 spiro atoms. The van der Waals surface area contributed by atoms with Gasteiger partial charge in [0.15, 0.2) is 5.82 Å². The van der Waals surface area contributed by atoms with Crippen LogP contribution in [0.4, 0.5) is 8.78 Å². The topological polar surface area (TPSA) is 75.1 Å². The maximum atomic E-state index is 13.9. The third kappa shape index (κ3) is 4.32. The molecular formula is C20H17F2N3O2. The molecule has 0 amide bonds. The van der Waals surface area contributed by atoms with Crippen LogP contribution in [0.15, 0.2) is 54.9 Å².